The topological polar surface area (TPSA) is 95.9 Å². The number of hydrogen-bond donors (Lipinski definition) is 3. The van der Waals surface area contributed by atoms with Crippen LogP contribution in [-0.4, -0.2) is 47.4 Å². The highest BCUT2D eigenvalue weighted by atomic mass is 16.5. The molecule has 0 aliphatic heterocycles. The standard InChI is InChI=1S/C50H93NO5/c1-3-5-7-9-11-13-15-16-17-18-19-20-21-22-24-26-30-34-38-42-48(53)47(46-52)51-49(54)43-39-35-31-27-25-29-33-37-41-45-56-50(55)44-40-36-32-28-23-14-12-10-8-6-4-2/h10,12,27,31,38,42,47-48,52-53H,3-9,11,13-26,28-30,32-37,39-41,43-46H2,1-2H3,(H,51,54)/b12-10-,31-27-,42-38+. The van der Waals surface area contributed by atoms with E-state index in [1.807, 2.05) is 6.08 Å². The zero-order valence-corrected chi connectivity index (χ0v) is 37.1. The molecule has 6 heteroatoms. The van der Waals surface area contributed by atoms with Gasteiger partial charge in [0, 0.05) is 12.8 Å². The van der Waals surface area contributed by atoms with Crippen molar-refractivity contribution in [2.45, 2.75) is 257 Å². The van der Waals surface area contributed by atoms with Gasteiger partial charge in [0.1, 0.15) is 0 Å². The molecule has 328 valence electrons. The molecule has 6 nitrogen and oxygen atoms in total. The van der Waals surface area contributed by atoms with Crippen LogP contribution in [0.2, 0.25) is 0 Å². The zero-order valence-electron chi connectivity index (χ0n) is 37.1. The van der Waals surface area contributed by atoms with Crippen molar-refractivity contribution in [3.63, 3.8) is 0 Å². The Hall–Kier alpha value is -1.92. The van der Waals surface area contributed by atoms with Gasteiger partial charge < -0.3 is 20.3 Å². The van der Waals surface area contributed by atoms with E-state index >= 15 is 0 Å². The fourth-order valence-corrected chi connectivity index (χ4v) is 7.09. The molecule has 0 saturated heterocycles. The maximum atomic E-state index is 12.4. The number of carbonyl (C=O) groups excluding carboxylic acids is 2. The number of nitrogens with one attached hydrogen (secondary N) is 1. The molecule has 0 saturated carbocycles. The quantitative estimate of drug-likeness (QED) is 0.0325. The molecule has 0 aromatic carbocycles. The number of hydrogen-bond acceptors (Lipinski definition) is 5. The molecule has 2 atom stereocenters. The van der Waals surface area contributed by atoms with E-state index < -0.39 is 12.1 Å². The molecule has 0 aromatic heterocycles. The fourth-order valence-electron chi connectivity index (χ4n) is 7.09. The second-order valence-corrected chi connectivity index (χ2v) is 16.4. The molecule has 1 amide bonds. The number of rotatable bonds is 44. The Morgan fingerprint density at radius 3 is 1.36 bits per heavy atom. The van der Waals surface area contributed by atoms with Crippen molar-refractivity contribution in [1.82, 2.24) is 5.32 Å². The van der Waals surface area contributed by atoms with Gasteiger partial charge in [-0.1, -0.05) is 198 Å². The Labute approximate surface area is 347 Å². The third-order valence-corrected chi connectivity index (χ3v) is 10.9. The summed E-state index contributed by atoms with van der Waals surface area (Å²) in [5.74, 6) is -0.179. The van der Waals surface area contributed by atoms with E-state index in [1.54, 1.807) is 6.08 Å². The van der Waals surface area contributed by atoms with Crippen molar-refractivity contribution < 1.29 is 24.5 Å². The van der Waals surface area contributed by atoms with Crippen molar-refractivity contribution in [2.75, 3.05) is 13.2 Å². The SMILES string of the molecule is CCCC/C=C\CCCCCCCC(=O)OCCCCCC/C=C\CCCC(=O)NC(CO)C(O)/C=C/CCCCCCCCCCCCCCCCCCC. The zero-order chi connectivity index (χ0) is 40.8. The summed E-state index contributed by atoms with van der Waals surface area (Å²) in [5.41, 5.74) is 0. The van der Waals surface area contributed by atoms with Gasteiger partial charge in [-0.2, -0.15) is 0 Å². The van der Waals surface area contributed by atoms with E-state index in [9.17, 15) is 19.8 Å². The summed E-state index contributed by atoms with van der Waals surface area (Å²) in [4.78, 5) is 24.4. The Balaban J connectivity index is 3.61. The predicted molar refractivity (Wildman–Crippen MR) is 241 cm³/mol. The van der Waals surface area contributed by atoms with Gasteiger partial charge >= 0.3 is 5.97 Å². The lowest BCUT2D eigenvalue weighted by Gasteiger charge is -2.19. The average Bonchev–Trinajstić information content (AvgIpc) is 3.20. The van der Waals surface area contributed by atoms with Crippen LogP contribution in [0.4, 0.5) is 0 Å². The van der Waals surface area contributed by atoms with Crippen LogP contribution in [0.15, 0.2) is 36.5 Å². The van der Waals surface area contributed by atoms with Crippen molar-refractivity contribution >= 4 is 11.9 Å². The highest BCUT2D eigenvalue weighted by molar-refractivity contribution is 5.76. The highest BCUT2D eigenvalue weighted by Crippen LogP contribution is 2.15. The summed E-state index contributed by atoms with van der Waals surface area (Å²) in [6.07, 6.45) is 54.3. The molecule has 0 heterocycles. The van der Waals surface area contributed by atoms with E-state index in [4.69, 9.17) is 4.74 Å². The summed E-state index contributed by atoms with van der Waals surface area (Å²) >= 11 is 0. The summed E-state index contributed by atoms with van der Waals surface area (Å²) in [7, 11) is 0. The van der Waals surface area contributed by atoms with Gasteiger partial charge in [-0.15, -0.1) is 0 Å². The minimum atomic E-state index is -0.876. The van der Waals surface area contributed by atoms with E-state index in [2.05, 4.69) is 43.5 Å². The molecule has 56 heavy (non-hydrogen) atoms. The first kappa shape index (κ1) is 54.1. The first-order chi connectivity index (χ1) is 27.5. The monoisotopic (exact) mass is 788 g/mol. The summed E-state index contributed by atoms with van der Waals surface area (Å²) in [5, 5.41) is 23.0. The van der Waals surface area contributed by atoms with Crippen molar-refractivity contribution in [3.8, 4) is 0 Å². The Kier molecular flexibility index (Phi) is 44.2. The first-order valence-electron chi connectivity index (χ1n) is 24.3. The van der Waals surface area contributed by atoms with Gasteiger partial charge in [0.05, 0.1) is 25.4 Å². The predicted octanol–water partition coefficient (Wildman–Crippen LogP) is 14.1. The minimum absolute atomic E-state index is 0.0496. The lowest BCUT2D eigenvalue weighted by atomic mass is 10.0. The Morgan fingerprint density at radius 2 is 0.875 bits per heavy atom. The van der Waals surface area contributed by atoms with Gasteiger partial charge in [0.25, 0.3) is 0 Å². The van der Waals surface area contributed by atoms with Gasteiger partial charge in [-0.05, 0) is 70.6 Å². The summed E-state index contributed by atoms with van der Waals surface area (Å²) < 4.78 is 5.41. The van der Waals surface area contributed by atoms with E-state index in [-0.39, 0.29) is 18.5 Å². The maximum absolute atomic E-state index is 12.4. The molecular weight excluding hydrogens is 695 g/mol. The number of unbranched alkanes of at least 4 members (excludes halogenated alkanes) is 29. The van der Waals surface area contributed by atoms with Crippen LogP contribution in [0.3, 0.4) is 0 Å². The molecule has 0 aromatic rings. The molecule has 2 unspecified atom stereocenters. The number of amides is 1. The molecule has 0 radical (unpaired) electrons. The minimum Gasteiger partial charge on any atom is -0.466 e. The van der Waals surface area contributed by atoms with E-state index in [0.717, 1.165) is 70.6 Å². The van der Waals surface area contributed by atoms with Crippen LogP contribution >= 0.6 is 0 Å². The fraction of sp³-hybridized carbons (Fsp3) is 0.840. The van der Waals surface area contributed by atoms with Crippen LogP contribution < -0.4 is 5.32 Å². The second-order valence-electron chi connectivity index (χ2n) is 16.4. The van der Waals surface area contributed by atoms with E-state index in [0.29, 0.717) is 19.4 Å². The molecule has 0 rings (SSSR count). The number of ether oxygens (including phenoxy) is 1. The lowest BCUT2D eigenvalue weighted by Crippen LogP contribution is -2.45. The average molecular weight is 788 g/mol. The number of esters is 1. The van der Waals surface area contributed by atoms with Gasteiger partial charge in [-0.3, -0.25) is 9.59 Å². The van der Waals surface area contributed by atoms with Crippen LogP contribution in [0.1, 0.15) is 245 Å². The summed E-state index contributed by atoms with van der Waals surface area (Å²) in [6, 6.07) is -0.666. The summed E-state index contributed by atoms with van der Waals surface area (Å²) in [6.45, 7) is 4.76. The van der Waals surface area contributed by atoms with Crippen LogP contribution in [0.25, 0.3) is 0 Å². The number of aliphatic hydroxyl groups is 2. The molecule has 0 spiro atoms. The van der Waals surface area contributed by atoms with Crippen molar-refractivity contribution in [1.29, 1.82) is 0 Å². The van der Waals surface area contributed by atoms with Crippen molar-refractivity contribution in [3.05, 3.63) is 36.5 Å². The van der Waals surface area contributed by atoms with E-state index in [1.165, 1.54) is 148 Å². The lowest BCUT2D eigenvalue weighted by molar-refractivity contribution is -0.143. The normalized spacial score (nSPS) is 13.0. The molecule has 3 N–H and O–H groups in total. The first-order valence-corrected chi connectivity index (χ1v) is 24.3. The maximum Gasteiger partial charge on any atom is 0.305 e. The van der Waals surface area contributed by atoms with Gasteiger partial charge in [0.15, 0.2) is 0 Å². The Morgan fingerprint density at radius 1 is 0.482 bits per heavy atom. The highest BCUT2D eigenvalue weighted by Gasteiger charge is 2.17. The number of allylic oxidation sites excluding steroid dienone is 5. The van der Waals surface area contributed by atoms with Crippen molar-refractivity contribution in [2.24, 2.45) is 0 Å². The van der Waals surface area contributed by atoms with Crippen LogP contribution in [0, 0.1) is 0 Å². The third kappa shape index (κ3) is 41.7. The Bertz CT molecular complexity index is 915. The number of aliphatic hydroxyl groups excluding tert-OH is 2. The molecule has 0 bridgehead atoms. The smallest absolute Gasteiger partial charge is 0.305 e. The molecule has 0 aliphatic carbocycles. The van der Waals surface area contributed by atoms with Gasteiger partial charge in [-0.25, -0.2) is 0 Å². The third-order valence-electron chi connectivity index (χ3n) is 10.9. The molecule has 0 fully saturated rings. The molecular formula is C50H93NO5. The van der Waals surface area contributed by atoms with Crippen LogP contribution in [-0.2, 0) is 14.3 Å². The largest absolute Gasteiger partial charge is 0.466 e. The number of carbonyl (C=O) groups is 2. The van der Waals surface area contributed by atoms with Gasteiger partial charge in [0.2, 0.25) is 5.91 Å². The molecule has 0 aliphatic rings. The second kappa shape index (κ2) is 45.8. The van der Waals surface area contributed by atoms with Crippen LogP contribution in [0.5, 0.6) is 0 Å².